The van der Waals surface area contributed by atoms with Crippen molar-refractivity contribution in [3.8, 4) is 0 Å². The molecule has 110 valence electrons. The van der Waals surface area contributed by atoms with Gasteiger partial charge in [-0.05, 0) is 25.0 Å². The molecule has 1 aliphatic carbocycles. The summed E-state index contributed by atoms with van der Waals surface area (Å²) in [5, 5.41) is 2.64. The fourth-order valence-corrected chi connectivity index (χ4v) is 2.82. The number of allylic oxidation sites excluding steroid dienone is 2. The van der Waals surface area contributed by atoms with E-state index in [0.29, 0.717) is 18.6 Å². The number of fused-ring (bicyclic) bond motifs is 1. The summed E-state index contributed by atoms with van der Waals surface area (Å²) in [6, 6.07) is 3.47. The topological polar surface area (TPSA) is 79.6 Å². The van der Waals surface area contributed by atoms with Gasteiger partial charge in [-0.15, -0.1) is 0 Å². The van der Waals surface area contributed by atoms with Crippen molar-refractivity contribution < 1.29 is 18.8 Å². The Hall–Kier alpha value is -2.37. The summed E-state index contributed by atoms with van der Waals surface area (Å²) in [5.74, 6) is -0.786. The maximum atomic E-state index is 12.2. The highest BCUT2D eigenvalue weighted by molar-refractivity contribution is 6.07. The molecule has 21 heavy (non-hydrogen) atoms. The Morgan fingerprint density at radius 3 is 2.48 bits per heavy atom. The van der Waals surface area contributed by atoms with E-state index in [1.54, 1.807) is 12.1 Å². The maximum absolute atomic E-state index is 12.2. The highest BCUT2D eigenvalue weighted by Gasteiger charge is 2.47. The first kappa shape index (κ1) is 13.6. The Morgan fingerprint density at radius 2 is 1.90 bits per heavy atom. The standard InChI is InChI=1S/C15H16N2O4/c18-13(16-8-10-4-3-7-21-10)9-17-14(19)11-5-1-2-6-12(11)15(17)20/h1-4,7,11-12H,5-6,8-9H2,(H,16,18)/t11-,12-/m0/s1. The molecule has 1 aromatic rings. The van der Waals surface area contributed by atoms with E-state index in [0.717, 1.165) is 4.90 Å². The van der Waals surface area contributed by atoms with Crippen molar-refractivity contribution in [1.29, 1.82) is 0 Å². The van der Waals surface area contributed by atoms with Crippen LogP contribution in [-0.2, 0) is 20.9 Å². The quantitative estimate of drug-likeness (QED) is 0.658. The van der Waals surface area contributed by atoms with Gasteiger partial charge in [-0.1, -0.05) is 12.2 Å². The van der Waals surface area contributed by atoms with Crippen molar-refractivity contribution in [3.05, 3.63) is 36.3 Å². The van der Waals surface area contributed by atoms with E-state index in [1.807, 2.05) is 12.2 Å². The molecule has 0 aromatic carbocycles. The molecular formula is C15H16N2O4. The molecule has 1 fully saturated rings. The fourth-order valence-electron chi connectivity index (χ4n) is 2.82. The van der Waals surface area contributed by atoms with Crippen LogP contribution in [0.5, 0.6) is 0 Å². The first-order chi connectivity index (χ1) is 10.2. The van der Waals surface area contributed by atoms with Gasteiger partial charge in [0.05, 0.1) is 24.6 Å². The second-order valence-corrected chi connectivity index (χ2v) is 5.27. The van der Waals surface area contributed by atoms with Gasteiger partial charge in [0, 0.05) is 0 Å². The summed E-state index contributed by atoms with van der Waals surface area (Å²) >= 11 is 0. The molecule has 0 bridgehead atoms. The second-order valence-electron chi connectivity index (χ2n) is 5.27. The van der Waals surface area contributed by atoms with E-state index in [9.17, 15) is 14.4 Å². The molecule has 3 rings (SSSR count). The number of likely N-dealkylation sites (tertiary alicyclic amines) is 1. The van der Waals surface area contributed by atoms with Crippen LogP contribution in [0.25, 0.3) is 0 Å². The average molecular weight is 288 g/mol. The van der Waals surface area contributed by atoms with E-state index in [2.05, 4.69) is 5.32 Å². The Labute approximate surface area is 121 Å². The van der Waals surface area contributed by atoms with Crippen LogP contribution < -0.4 is 5.32 Å². The van der Waals surface area contributed by atoms with Crippen LogP contribution in [0.4, 0.5) is 0 Å². The lowest BCUT2D eigenvalue weighted by atomic mass is 9.85. The predicted octanol–water partition coefficient (Wildman–Crippen LogP) is 0.847. The smallest absolute Gasteiger partial charge is 0.240 e. The van der Waals surface area contributed by atoms with E-state index in [4.69, 9.17) is 4.42 Å². The summed E-state index contributed by atoms with van der Waals surface area (Å²) in [7, 11) is 0. The molecule has 0 unspecified atom stereocenters. The van der Waals surface area contributed by atoms with Gasteiger partial charge in [0.1, 0.15) is 12.3 Å². The number of carbonyl (C=O) groups excluding carboxylic acids is 3. The van der Waals surface area contributed by atoms with Crippen molar-refractivity contribution in [1.82, 2.24) is 10.2 Å². The molecule has 0 spiro atoms. The molecule has 1 N–H and O–H groups in total. The molecule has 3 amide bonds. The Kier molecular flexibility index (Phi) is 3.60. The number of carbonyl (C=O) groups is 3. The van der Waals surface area contributed by atoms with Crippen LogP contribution >= 0.6 is 0 Å². The summed E-state index contributed by atoms with van der Waals surface area (Å²) in [6.45, 7) is 0.0296. The third-order valence-corrected chi connectivity index (χ3v) is 3.94. The summed E-state index contributed by atoms with van der Waals surface area (Å²) in [5.41, 5.74) is 0. The Morgan fingerprint density at radius 1 is 1.24 bits per heavy atom. The van der Waals surface area contributed by atoms with Crippen LogP contribution in [0.2, 0.25) is 0 Å². The van der Waals surface area contributed by atoms with Gasteiger partial charge in [-0.25, -0.2) is 0 Å². The van der Waals surface area contributed by atoms with Crippen molar-refractivity contribution >= 4 is 17.7 Å². The molecule has 6 heteroatoms. The maximum Gasteiger partial charge on any atom is 0.240 e. The fraction of sp³-hybridized carbons (Fsp3) is 0.400. The lowest BCUT2D eigenvalue weighted by Crippen LogP contribution is -2.40. The third kappa shape index (κ3) is 2.61. The van der Waals surface area contributed by atoms with E-state index < -0.39 is 0 Å². The van der Waals surface area contributed by atoms with Gasteiger partial charge < -0.3 is 9.73 Å². The molecule has 1 saturated heterocycles. The average Bonchev–Trinajstić information content (AvgIpc) is 3.09. The van der Waals surface area contributed by atoms with Crippen LogP contribution in [0, 0.1) is 11.8 Å². The molecule has 2 aliphatic rings. The highest BCUT2D eigenvalue weighted by Crippen LogP contribution is 2.34. The SMILES string of the molecule is O=C(CN1C(=O)[C@H]2CC=CC[C@@H]2C1=O)NCc1ccco1. The largest absolute Gasteiger partial charge is 0.467 e. The van der Waals surface area contributed by atoms with Crippen molar-refractivity contribution in [2.75, 3.05) is 6.54 Å². The minimum absolute atomic E-state index is 0.217. The zero-order valence-electron chi connectivity index (χ0n) is 11.5. The first-order valence-electron chi connectivity index (χ1n) is 6.96. The number of nitrogens with one attached hydrogen (secondary N) is 1. The molecule has 2 heterocycles. The summed E-state index contributed by atoms with van der Waals surface area (Å²) < 4.78 is 5.10. The number of amides is 3. The molecule has 1 aromatic heterocycles. The molecule has 6 nitrogen and oxygen atoms in total. The van der Waals surface area contributed by atoms with Gasteiger partial charge in [0.25, 0.3) is 0 Å². The Balaban J connectivity index is 1.58. The van der Waals surface area contributed by atoms with Gasteiger partial charge >= 0.3 is 0 Å². The molecule has 1 aliphatic heterocycles. The van der Waals surface area contributed by atoms with Gasteiger partial charge in [0.2, 0.25) is 17.7 Å². The Bertz CT molecular complexity index is 565. The number of hydrogen-bond donors (Lipinski definition) is 1. The predicted molar refractivity (Wildman–Crippen MR) is 72.6 cm³/mol. The van der Waals surface area contributed by atoms with Crippen LogP contribution in [0.15, 0.2) is 35.0 Å². The number of imide groups is 1. The lowest BCUT2D eigenvalue weighted by molar-refractivity contribution is -0.143. The highest BCUT2D eigenvalue weighted by atomic mass is 16.3. The number of furan rings is 1. The lowest BCUT2D eigenvalue weighted by Gasteiger charge is -2.14. The van der Waals surface area contributed by atoms with Gasteiger partial charge in [0.15, 0.2) is 0 Å². The zero-order chi connectivity index (χ0) is 14.8. The number of rotatable bonds is 4. The second kappa shape index (κ2) is 5.55. The summed E-state index contributed by atoms with van der Waals surface area (Å²) in [4.78, 5) is 37.3. The number of nitrogens with zero attached hydrogens (tertiary/aromatic N) is 1. The zero-order valence-corrected chi connectivity index (χ0v) is 11.5. The van der Waals surface area contributed by atoms with Crippen molar-refractivity contribution in [3.63, 3.8) is 0 Å². The number of hydrogen-bond acceptors (Lipinski definition) is 4. The van der Waals surface area contributed by atoms with Crippen LogP contribution in [0.3, 0.4) is 0 Å². The van der Waals surface area contributed by atoms with E-state index in [-0.39, 0.29) is 42.6 Å². The van der Waals surface area contributed by atoms with Crippen LogP contribution in [-0.4, -0.2) is 29.2 Å². The molecule has 2 atom stereocenters. The minimum atomic E-state index is -0.361. The van der Waals surface area contributed by atoms with Crippen LogP contribution in [0.1, 0.15) is 18.6 Å². The summed E-state index contributed by atoms with van der Waals surface area (Å²) in [6.07, 6.45) is 6.53. The van der Waals surface area contributed by atoms with Gasteiger partial charge in [-0.2, -0.15) is 0 Å². The normalized spacial score (nSPS) is 24.3. The molecular weight excluding hydrogens is 272 g/mol. The minimum Gasteiger partial charge on any atom is -0.467 e. The first-order valence-corrected chi connectivity index (χ1v) is 6.96. The monoisotopic (exact) mass is 288 g/mol. The van der Waals surface area contributed by atoms with Crippen molar-refractivity contribution in [2.24, 2.45) is 11.8 Å². The van der Waals surface area contributed by atoms with E-state index in [1.165, 1.54) is 6.26 Å². The van der Waals surface area contributed by atoms with Gasteiger partial charge in [-0.3, -0.25) is 19.3 Å². The molecule has 0 radical (unpaired) electrons. The van der Waals surface area contributed by atoms with Crippen molar-refractivity contribution in [2.45, 2.75) is 19.4 Å². The third-order valence-electron chi connectivity index (χ3n) is 3.94. The molecule has 0 saturated carbocycles. The van der Waals surface area contributed by atoms with E-state index >= 15 is 0 Å².